The summed E-state index contributed by atoms with van der Waals surface area (Å²) in [5.74, 6) is -0.402. The fraction of sp³-hybridized carbons (Fsp3) is 0.529. The molecule has 6 nitrogen and oxygen atoms in total. The first kappa shape index (κ1) is 15.8. The van der Waals surface area contributed by atoms with Crippen molar-refractivity contribution in [3.05, 3.63) is 24.3 Å². The SMILES string of the molecule is CC(C)[C@H](O)C(=O)N1CCC2(CC1)Nc1ccccc1NC2=O. The number of hydrogen-bond acceptors (Lipinski definition) is 4. The van der Waals surface area contributed by atoms with Crippen LogP contribution >= 0.6 is 0 Å². The minimum Gasteiger partial charge on any atom is -0.383 e. The normalized spacial score (nSPS) is 20.7. The topological polar surface area (TPSA) is 81.7 Å². The molecule has 2 amide bonds. The van der Waals surface area contributed by atoms with Crippen LogP contribution < -0.4 is 10.6 Å². The van der Waals surface area contributed by atoms with Crippen LogP contribution in [-0.2, 0) is 9.59 Å². The largest absolute Gasteiger partial charge is 0.383 e. The van der Waals surface area contributed by atoms with Crippen molar-refractivity contribution in [2.45, 2.75) is 38.3 Å². The zero-order valence-electron chi connectivity index (χ0n) is 13.5. The molecule has 1 saturated heterocycles. The number of aliphatic hydroxyl groups is 1. The summed E-state index contributed by atoms with van der Waals surface area (Å²) in [6.45, 7) is 4.57. The lowest BCUT2D eigenvalue weighted by Crippen LogP contribution is -2.60. The van der Waals surface area contributed by atoms with Gasteiger partial charge in [0.05, 0.1) is 11.4 Å². The van der Waals surface area contributed by atoms with E-state index in [4.69, 9.17) is 0 Å². The van der Waals surface area contributed by atoms with Gasteiger partial charge in [0.25, 0.3) is 5.91 Å². The van der Waals surface area contributed by atoms with E-state index in [1.165, 1.54) is 0 Å². The van der Waals surface area contributed by atoms with E-state index in [0.717, 1.165) is 11.4 Å². The maximum atomic E-state index is 12.5. The molecule has 6 heteroatoms. The number of fused-ring (bicyclic) bond motifs is 1. The summed E-state index contributed by atoms with van der Waals surface area (Å²) in [5.41, 5.74) is 1.03. The van der Waals surface area contributed by atoms with Crippen LogP contribution in [0.2, 0.25) is 0 Å². The van der Waals surface area contributed by atoms with Crippen molar-refractivity contribution in [2.75, 3.05) is 23.7 Å². The van der Waals surface area contributed by atoms with Gasteiger partial charge >= 0.3 is 0 Å². The van der Waals surface area contributed by atoms with Crippen molar-refractivity contribution in [3.63, 3.8) is 0 Å². The van der Waals surface area contributed by atoms with Gasteiger partial charge in [0.2, 0.25) is 5.91 Å². The average molecular weight is 317 g/mol. The van der Waals surface area contributed by atoms with E-state index in [9.17, 15) is 14.7 Å². The molecule has 1 atom stereocenters. The van der Waals surface area contributed by atoms with E-state index < -0.39 is 11.6 Å². The molecular formula is C17H23N3O3. The van der Waals surface area contributed by atoms with Crippen LogP contribution in [0.3, 0.4) is 0 Å². The summed E-state index contributed by atoms with van der Waals surface area (Å²) in [7, 11) is 0. The summed E-state index contributed by atoms with van der Waals surface area (Å²) in [5, 5.41) is 16.3. The number of hydrogen-bond donors (Lipinski definition) is 3. The lowest BCUT2D eigenvalue weighted by molar-refractivity contribution is -0.144. The molecule has 0 radical (unpaired) electrons. The Bertz CT molecular complexity index is 621. The Kier molecular flexibility index (Phi) is 4.02. The number of piperidine rings is 1. The van der Waals surface area contributed by atoms with Gasteiger partial charge in [-0.1, -0.05) is 26.0 Å². The quantitative estimate of drug-likeness (QED) is 0.771. The average Bonchev–Trinajstić information content (AvgIpc) is 2.55. The molecular weight excluding hydrogens is 294 g/mol. The molecule has 2 aliphatic rings. The van der Waals surface area contributed by atoms with E-state index in [-0.39, 0.29) is 17.7 Å². The molecule has 3 N–H and O–H groups in total. The molecule has 0 unspecified atom stereocenters. The number of anilines is 2. The smallest absolute Gasteiger partial charge is 0.251 e. The van der Waals surface area contributed by atoms with E-state index in [2.05, 4.69) is 10.6 Å². The van der Waals surface area contributed by atoms with E-state index in [0.29, 0.717) is 25.9 Å². The van der Waals surface area contributed by atoms with Crippen LogP contribution in [0.15, 0.2) is 24.3 Å². The Balaban J connectivity index is 1.71. The number of rotatable bonds is 2. The predicted molar refractivity (Wildman–Crippen MR) is 88.1 cm³/mol. The van der Waals surface area contributed by atoms with Crippen molar-refractivity contribution in [1.82, 2.24) is 4.90 Å². The van der Waals surface area contributed by atoms with Gasteiger partial charge in [-0.2, -0.15) is 0 Å². The number of aliphatic hydroxyl groups excluding tert-OH is 1. The molecule has 3 rings (SSSR count). The summed E-state index contributed by atoms with van der Waals surface area (Å²) < 4.78 is 0. The van der Waals surface area contributed by atoms with Crippen molar-refractivity contribution in [1.29, 1.82) is 0 Å². The zero-order valence-corrected chi connectivity index (χ0v) is 13.5. The van der Waals surface area contributed by atoms with E-state index in [1.54, 1.807) is 4.90 Å². The van der Waals surface area contributed by atoms with Gasteiger partial charge in [0.1, 0.15) is 11.6 Å². The van der Waals surface area contributed by atoms with Crippen molar-refractivity contribution >= 4 is 23.2 Å². The molecule has 2 aliphatic heterocycles. The fourth-order valence-corrected chi connectivity index (χ4v) is 3.19. The highest BCUT2D eigenvalue weighted by molar-refractivity contribution is 6.06. The third-order valence-electron chi connectivity index (χ3n) is 4.80. The number of likely N-dealkylation sites (tertiary alicyclic amines) is 1. The lowest BCUT2D eigenvalue weighted by Gasteiger charge is -2.44. The summed E-state index contributed by atoms with van der Waals surface area (Å²) in [6, 6.07) is 7.61. The molecule has 23 heavy (non-hydrogen) atoms. The highest BCUT2D eigenvalue weighted by Gasteiger charge is 2.45. The fourth-order valence-electron chi connectivity index (χ4n) is 3.19. The van der Waals surface area contributed by atoms with Gasteiger partial charge in [-0.05, 0) is 30.9 Å². The van der Waals surface area contributed by atoms with Gasteiger partial charge < -0.3 is 20.6 Å². The molecule has 1 fully saturated rings. The Hall–Kier alpha value is -2.08. The number of nitrogens with zero attached hydrogens (tertiary/aromatic N) is 1. The van der Waals surface area contributed by atoms with Crippen LogP contribution in [0, 0.1) is 5.92 Å². The summed E-state index contributed by atoms with van der Waals surface area (Å²) >= 11 is 0. The molecule has 1 aromatic carbocycles. The predicted octanol–water partition coefficient (Wildman–Crippen LogP) is 1.43. The van der Waals surface area contributed by atoms with E-state index >= 15 is 0 Å². The number of benzene rings is 1. The number of carbonyl (C=O) groups is 2. The Labute approximate surface area is 135 Å². The molecule has 0 aliphatic carbocycles. The number of nitrogens with one attached hydrogen (secondary N) is 2. The van der Waals surface area contributed by atoms with Crippen LogP contribution in [0.25, 0.3) is 0 Å². The maximum absolute atomic E-state index is 12.5. The minimum atomic E-state index is -0.974. The van der Waals surface area contributed by atoms with E-state index in [1.807, 2.05) is 38.1 Å². The third-order valence-corrected chi connectivity index (χ3v) is 4.80. The summed E-state index contributed by atoms with van der Waals surface area (Å²) in [6.07, 6.45) is 0.0888. The summed E-state index contributed by atoms with van der Waals surface area (Å²) in [4.78, 5) is 26.4. The standard InChI is InChI=1S/C17H23N3O3/c1-11(2)14(21)15(22)20-9-7-17(8-10-20)16(23)18-12-5-3-4-6-13(12)19-17/h3-6,11,14,19,21H,7-10H2,1-2H3,(H,18,23)/t14-/m0/s1. The molecule has 124 valence electrons. The van der Waals surface area contributed by atoms with Gasteiger partial charge in [-0.3, -0.25) is 9.59 Å². The molecule has 0 saturated carbocycles. The number of para-hydroxylation sites is 2. The zero-order chi connectivity index (χ0) is 16.6. The van der Waals surface area contributed by atoms with Gasteiger partial charge in [0, 0.05) is 13.1 Å². The second kappa shape index (κ2) is 5.85. The van der Waals surface area contributed by atoms with Crippen LogP contribution in [0.5, 0.6) is 0 Å². The van der Waals surface area contributed by atoms with Gasteiger partial charge in [0.15, 0.2) is 0 Å². The van der Waals surface area contributed by atoms with Gasteiger partial charge in [-0.25, -0.2) is 0 Å². The Morgan fingerprint density at radius 2 is 1.83 bits per heavy atom. The first-order chi connectivity index (χ1) is 10.9. The Morgan fingerprint density at radius 3 is 2.43 bits per heavy atom. The van der Waals surface area contributed by atoms with Crippen LogP contribution in [0.1, 0.15) is 26.7 Å². The number of carbonyl (C=O) groups excluding carboxylic acids is 2. The minimum absolute atomic E-state index is 0.0484. The first-order valence-electron chi connectivity index (χ1n) is 8.08. The van der Waals surface area contributed by atoms with Crippen LogP contribution in [-0.4, -0.2) is 46.6 Å². The van der Waals surface area contributed by atoms with Crippen molar-refractivity contribution < 1.29 is 14.7 Å². The number of amides is 2. The first-order valence-corrected chi connectivity index (χ1v) is 8.08. The second-order valence-electron chi connectivity index (χ2n) is 6.72. The monoisotopic (exact) mass is 317 g/mol. The molecule has 1 aromatic rings. The lowest BCUT2D eigenvalue weighted by atomic mass is 9.84. The molecule has 0 bridgehead atoms. The molecule has 1 spiro atoms. The van der Waals surface area contributed by atoms with Crippen molar-refractivity contribution in [3.8, 4) is 0 Å². The maximum Gasteiger partial charge on any atom is 0.251 e. The molecule has 2 heterocycles. The second-order valence-corrected chi connectivity index (χ2v) is 6.72. The highest BCUT2D eigenvalue weighted by Crippen LogP contribution is 2.36. The molecule has 0 aromatic heterocycles. The Morgan fingerprint density at radius 1 is 1.22 bits per heavy atom. The van der Waals surface area contributed by atoms with Crippen molar-refractivity contribution in [2.24, 2.45) is 5.92 Å². The third kappa shape index (κ3) is 2.79. The highest BCUT2D eigenvalue weighted by atomic mass is 16.3. The van der Waals surface area contributed by atoms with Crippen LogP contribution in [0.4, 0.5) is 11.4 Å². The van der Waals surface area contributed by atoms with Gasteiger partial charge in [-0.15, -0.1) is 0 Å².